The Kier molecular flexibility index (Phi) is 5.99. The summed E-state index contributed by atoms with van der Waals surface area (Å²) in [7, 11) is -1.30. The van der Waals surface area contributed by atoms with Crippen LogP contribution >= 0.6 is 11.3 Å². The summed E-state index contributed by atoms with van der Waals surface area (Å²) in [6, 6.07) is 9.59. The summed E-state index contributed by atoms with van der Waals surface area (Å²) in [4.78, 5) is 23.7. The second-order valence-electron chi connectivity index (χ2n) is 6.45. The second kappa shape index (κ2) is 8.33. The van der Waals surface area contributed by atoms with E-state index in [2.05, 4.69) is 10.0 Å². The van der Waals surface area contributed by atoms with E-state index >= 15 is 0 Å². The smallest absolute Gasteiger partial charge is 0.351 e. The number of aryl methyl sites for hydroxylation is 1. The van der Waals surface area contributed by atoms with Gasteiger partial charge in [0.1, 0.15) is 4.90 Å². The van der Waals surface area contributed by atoms with Crippen LogP contribution < -0.4 is 14.8 Å². The standard InChI is InChI=1S/C20H20N2O6S2/c1-11-5-7-15(21-12(2)23)17(9-11)30(25,26)22-13-6-8-16-14(10-13)18(27-3)19(29-16)20(24)28-4/h5-10,22H,1-4H3,(H,21,23). The molecule has 0 bridgehead atoms. The Bertz CT molecular complexity index is 1250. The number of fused-ring (bicyclic) bond motifs is 1. The molecule has 1 aromatic heterocycles. The van der Waals surface area contributed by atoms with Crippen molar-refractivity contribution in [1.82, 2.24) is 0 Å². The molecule has 158 valence electrons. The van der Waals surface area contributed by atoms with Gasteiger partial charge in [-0.1, -0.05) is 6.07 Å². The van der Waals surface area contributed by atoms with E-state index in [0.29, 0.717) is 16.0 Å². The molecule has 3 aromatic rings. The predicted octanol–water partition coefficient (Wildman–Crippen LogP) is 3.76. The Balaban J connectivity index is 2.04. The van der Waals surface area contributed by atoms with Crippen molar-refractivity contribution in [3.63, 3.8) is 0 Å². The van der Waals surface area contributed by atoms with Crippen LogP contribution in [0.1, 0.15) is 22.2 Å². The summed E-state index contributed by atoms with van der Waals surface area (Å²) in [5.41, 5.74) is 1.19. The van der Waals surface area contributed by atoms with Crippen LogP contribution in [0.15, 0.2) is 41.3 Å². The molecule has 0 unspecified atom stereocenters. The first-order chi connectivity index (χ1) is 14.2. The summed E-state index contributed by atoms with van der Waals surface area (Å²) >= 11 is 1.19. The van der Waals surface area contributed by atoms with Gasteiger partial charge in [0, 0.05) is 22.7 Å². The van der Waals surface area contributed by atoms with E-state index in [9.17, 15) is 18.0 Å². The highest BCUT2D eigenvalue weighted by atomic mass is 32.2. The molecule has 0 aliphatic carbocycles. The van der Waals surface area contributed by atoms with Gasteiger partial charge in [-0.2, -0.15) is 0 Å². The summed E-state index contributed by atoms with van der Waals surface area (Å²) in [5, 5.41) is 3.11. The van der Waals surface area contributed by atoms with Gasteiger partial charge in [0.25, 0.3) is 10.0 Å². The normalized spacial score (nSPS) is 11.2. The van der Waals surface area contributed by atoms with Gasteiger partial charge in [-0.05, 0) is 42.8 Å². The van der Waals surface area contributed by atoms with Crippen LogP contribution in [-0.2, 0) is 19.6 Å². The molecule has 30 heavy (non-hydrogen) atoms. The lowest BCUT2D eigenvalue weighted by molar-refractivity contribution is -0.114. The second-order valence-corrected chi connectivity index (χ2v) is 9.16. The van der Waals surface area contributed by atoms with Crippen LogP contribution in [0.3, 0.4) is 0 Å². The molecule has 0 fully saturated rings. The Hall–Kier alpha value is -3.11. The van der Waals surface area contributed by atoms with Crippen molar-refractivity contribution in [2.24, 2.45) is 0 Å². The van der Waals surface area contributed by atoms with E-state index in [4.69, 9.17) is 9.47 Å². The summed E-state index contributed by atoms with van der Waals surface area (Å²) in [6.07, 6.45) is 0. The number of hydrogen-bond acceptors (Lipinski definition) is 7. The van der Waals surface area contributed by atoms with Crippen LogP contribution in [0.5, 0.6) is 5.75 Å². The van der Waals surface area contributed by atoms with E-state index < -0.39 is 16.0 Å². The van der Waals surface area contributed by atoms with Gasteiger partial charge in [0.2, 0.25) is 5.91 Å². The molecule has 0 spiro atoms. The number of ether oxygens (including phenoxy) is 2. The highest BCUT2D eigenvalue weighted by Crippen LogP contribution is 2.39. The third-order valence-electron chi connectivity index (χ3n) is 4.21. The molecule has 0 aliphatic rings. The van der Waals surface area contributed by atoms with Crippen LogP contribution in [0.2, 0.25) is 0 Å². The Morgan fingerprint density at radius 2 is 1.80 bits per heavy atom. The van der Waals surface area contributed by atoms with E-state index in [1.807, 2.05) is 0 Å². The molecule has 3 rings (SSSR count). The topological polar surface area (TPSA) is 111 Å². The third kappa shape index (κ3) is 4.24. The molecule has 0 aliphatic heterocycles. The van der Waals surface area contributed by atoms with E-state index in [0.717, 1.165) is 10.3 Å². The van der Waals surface area contributed by atoms with Gasteiger partial charge in [-0.25, -0.2) is 13.2 Å². The van der Waals surface area contributed by atoms with Gasteiger partial charge >= 0.3 is 5.97 Å². The first-order valence-corrected chi connectivity index (χ1v) is 11.1. The molecular weight excluding hydrogens is 428 g/mol. The molecule has 0 saturated heterocycles. The largest absolute Gasteiger partial charge is 0.494 e. The molecule has 2 aromatic carbocycles. The summed E-state index contributed by atoms with van der Waals surface area (Å²) < 4.78 is 39.5. The average Bonchev–Trinajstić information content (AvgIpc) is 3.05. The number of carbonyl (C=O) groups is 2. The molecule has 0 radical (unpaired) electrons. The van der Waals surface area contributed by atoms with Crippen molar-refractivity contribution < 1.29 is 27.5 Å². The maximum absolute atomic E-state index is 13.0. The van der Waals surface area contributed by atoms with Gasteiger partial charge in [-0.3, -0.25) is 9.52 Å². The highest BCUT2D eigenvalue weighted by Gasteiger charge is 2.23. The van der Waals surface area contributed by atoms with Crippen molar-refractivity contribution in [2.75, 3.05) is 24.3 Å². The number of benzene rings is 2. The van der Waals surface area contributed by atoms with E-state index in [1.165, 1.54) is 38.5 Å². The Labute approximate surface area is 177 Å². The number of rotatable bonds is 6. The summed E-state index contributed by atoms with van der Waals surface area (Å²) in [5.74, 6) is -0.595. The Morgan fingerprint density at radius 1 is 1.07 bits per heavy atom. The van der Waals surface area contributed by atoms with E-state index in [-0.39, 0.29) is 22.2 Å². The number of carbonyl (C=O) groups excluding carboxylic acids is 2. The minimum atomic E-state index is -4.01. The van der Waals surface area contributed by atoms with Crippen LogP contribution in [0.25, 0.3) is 10.1 Å². The van der Waals surface area contributed by atoms with Gasteiger partial charge in [0.05, 0.1) is 19.9 Å². The van der Waals surface area contributed by atoms with Crippen molar-refractivity contribution in [2.45, 2.75) is 18.7 Å². The Morgan fingerprint density at radius 3 is 2.43 bits per heavy atom. The number of hydrogen-bond donors (Lipinski definition) is 2. The molecule has 1 heterocycles. The number of methoxy groups -OCH3 is 2. The van der Waals surface area contributed by atoms with Crippen molar-refractivity contribution >= 4 is 54.7 Å². The maximum atomic E-state index is 13.0. The third-order valence-corrected chi connectivity index (χ3v) is 6.76. The van der Waals surface area contributed by atoms with Crippen molar-refractivity contribution in [3.8, 4) is 5.75 Å². The van der Waals surface area contributed by atoms with Crippen LogP contribution in [-0.4, -0.2) is 34.5 Å². The van der Waals surface area contributed by atoms with Gasteiger partial charge in [0.15, 0.2) is 10.6 Å². The fourth-order valence-corrected chi connectivity index (χ4v) is 5.29. The van der Waals surface area contributed by atoms with Crippen molar-refractivity contribution in [1.29, 1.82) is 0 Å². The number of thiophene rings is 1. The highest BCUT2D eigenvalue weighted by molar-refractivity contribution is 7.92. The molecule has 1 amide bonds. The molecule has 2 N–H and O–H groups in total. The zero-order valence-corrected chi connectivity index (χ0v) is 18.4. The average molecular weight is 449 g/mol. The lowest BCUT2D eigenvalue weighted by Crippen LogP contribution is -2.17. The minimum absolute atomic E-state index is 0.0506. The molecule has 10 heteroatoms. The molecular formula is C20H20N2O6S2. The van der Waals surface area contributed by atoms with E-state index in [1.54, 1.807) is 37.3 Å². The first-order valence-electron chi connectivity index (χ1n) is 8.76. The molecule has 0 atom stereocenters. The zero-order chi connectivity index (χ0) is 22.1. The number of sulfonamides is 1. The van der Waals surface area contributed by atoms with Crippen LogP contribution in [0.4, 0.5) is 11.4 Å². The van der Waals surface area contributed by atoms with Gasteiger partial charge < -0.3 is 14.8 Å². The fraction of sp³-hybridized carbons (Fsp3) is 0.200. The number of esters is 1. The van der Waals surface area contributed by atoms with Gasteiger partial charge in [-0.15, -0.1) is 11.3 Å². The lowest BCUT2D eigenvalue weighted by atomic mass is 10.2. The van der Waals surface area contributed by atoms with Crippen LogP contribution in [0, 0.1) is 6.92 Å². The molecule has 8 nitrogen and oxygen atoms in total. The number of anilines is 2. The predicted molar refractivity (Wildman–Crippen MR) is 116 cm³/mol. The SMILES string of the molecule is COC(=O)c1sc2ccc(NS(=O)(=O)c3cc(C)ccc3NC(C)=O)cc2c1OC. The maximum Gasteiger partial charge on any atom is 0.351 e. The number of amides is 1. The zero-order valence-electron chi connectivity index (χ0n) is 16.7. The lowest BCUT2D eigenvalue weighted by Gasteiger charge is -2.13. The quantitative estimate of drug-likeness (QED) is 0.556. The summed E-state index contributed by atoms with van der Waals surface area (Å²) in [6.45, 7) is 3.06. The number of nitrogens with one attached hydrogen (secondary N) is 2. The first kappa shape index (κ1) is 21.6. The minimum Gasteiger partial charge on any atom is -0.494 e. The fourth-order valence-electron chi connectivity index (χ4n) is 2.92. The molecule has 0 saturated carbocycles. The van der Waals surface area contributed by atoms with Crippen molar-refractivity contribution in [3.05, 3.63) is 46.8 Å². The monoisotopic (exact) mass is 448 g/mol.